The van der Waals surface area contributed by atoms with Gasteiger partial charge in [-0.3, -0.25) is 4.79 Å². The number of hydrogen-bond acceptors (Lipinski definition) is 3. The average Bonchev–Trinajstić information content (AvgIpc) is 2.31. The maximum Gasteiger partial charge on any atom is 0.198 e. The number of hydrogen-bond donors (Lipinski definition) is 1. The highest BCUT2D eigenvalue weighted by atomic mass is 79.9. The summed E-state index contributed by atoms with van der Waals surface area (Å²) < 4.78 is 26.7. The predicted molar refractivity (Wildman–Crippen MR) is 66.1 cm³/mol. The Morgan fingerprint density at radius 2 is 1.94 bits per heavy atom. The van der Waals surface area contributed by atoms with Crippen LogP contribution in [0.1, 0.15) is 15.9 Å². The number of nitrogens with two attached hydrogens (primary N) is 1. The molecule has 0 atom stereocenters. The van der Waals surface area contributed by atoms with Gasteiger partial charge in [0, 0.05) is 11.6 Å². The summed E-state index contributed by atoms with van der Waals surface area (Å²) in [6.07, 6.45) is 1.29. The first-order chi connectivity index (χ1) is 8.49. The van der Waals surface area contributed by atoms with E-state index in [1.54, 1.807) is 0 Å². The molecule has 0 fully saturated rings. The Morgan fingerprint density at radius 3 is 2.61 bits per heavy atom. The fraction of sp³-hybridized carbons (Fsp3) is 0. The van der Waals surface area contributed by atoms with Gasteiger partial charge in [0.05, 0.1) is 17.4 Å². The summed E-state index contributed by atoms with van der Waals surface area (Å²) in [7, 11) is 0. The van der Waals surface area contributed by atoms with Crippen molar-refractivity contribution in [2.45, 2.75) is 0 Å². The minimum atomic E-state index is -0.924. The third-order valence-corrected chi connectivity index (χ3v) is 2.76. The van der Waals surface area contributed by atoms with Crippen LogP contribution >= 0.6 is 15.9 Å². The summed E-state index contributed by atoms with van der Waals surface area (Å²) in [5, 5.41) is 0. The summed E-state index contributed by atoms with van der Waals surface area (Å²) >= 11 is 3.09. The Balaban J connectivity index is 2.51. The second-order valence-corrected chi connectivity index (χ2v) is 4.36. The van der Waals surface area contributed by atoms with Gasteiger partial charge >= 0.3 is 0 Å². The zero-order valence-corrected chi connectivity index (χ0v) is 10.5. The fourth-order valence-electron chi connectivity index (χ4n) is 1.46. The van der Waals surface area contributed by atoms with Gasteiger partial charge in [0.2, 0.25) is 0 Å². The summed E-state index contributed by atoms with van der Waals surface area (Å²) in [6.45, 7) is 0. The lowest BCUT2D eigenvalue weighted by atomic mass is 10.0. The molecule has 0 saturated carbocycles. The number of nitrogens with zero attached hydrogens (tertiary/aromatic N) is 1. The van der Waals surface area contributed by atoms with E-state index >= 15 is 0 Å². The summed E-state index contributed by atoms with van der Waals surface area (Å²) in [6, 6.07) is 4.14. The van der Waals surface area contributed by atoms with Crippen LogP contribution in [0.5, 0.6) is 0 Å². The van der Waals surface area contributed by atoms with Crippen LogP contribution in [0.4, 0.5) is 14.5 Å². The van der Waals surface area contributed by atoms with Gasteiger partial charge in [-0.15, -0.1) is 0 Å². The number of halogens is 3. The Kier molecular flexibility index (Phi) is 3.38. The van der Waals surface area contributed by atoms with Gasteiger partial charge in [-0.05, 0) is 34.1 Å². The molecule has 1 aromatic heterocycles. The number of anilines is 1. The molecule has 2 aromatic rings. The molecule has 0 bridgehead atoms. The molecule has 0 saturated heterocycles. The number of carbonyl (C=O) groups excluding carboxylic acids is 1. The quantitative estimate of drug-likeness (QED) is 0.685. The van der Waals surface area contributed by atoms with Gasteiger partial charge in [0.15, 0.2) is 5.78 Å². The normalized spacial score (nSPS) is 10.4. The predicted octanol–water partition coefficient (Wildman–Crippen LogP) is 2.94. The highest BCUT2D eigenvalue weighted by Crippen LogP contribution is 2.21. The number of pyridine rings is 1. The first kappa shape index (κ1) is 12.6. The number of rotatable bonds is 2. The molecule has 0 spiro atoms. The van der Waals surface area contributed by atoms with Crippen LogP contribution in [0, 0.1) is 11.6 Å². The van der Waals surface area contributed by atoms with Crippen LogP contribution in [0.25, 0.3) is 0 Å². The molecule has 1 aromatic carbocycles. The van der Waals surface area contributed by atoms with Crippen molar-refractivity contribution < 1.29 is 13.6 Å². The van der Waals surface area contributed by atoms with Crippen LogP contribution in [0.15, 0.2) is 35.1 Å². The molecule has 0 radical (unpaired) electrons. The number of carbonyl (C=O) groups is 1. The average molecular weight is 313 g/mol. The molecule has 18 heavy (non-hydrogen) atoms. The Morgan fingerprint density at radius 1 is 1.22 bits per heavy atom. The third kappa shape index (κ3) is 2.38. The molecule has 0 aliphatic carbocycles. The number of benzene rings is 1. The molecule has 0 aliphatic heterocycles. The van der Waals surface area contributed by atoms with E-state index in [4.69, 9.17) is 5.73 Å². The molecule has 92 valence electrons. The van der Waals surface area contributed by atoms with E-state index in [-0.39, 0.29) is 16.8 Å². The van der Waals surface area contributed by atoms with Gasteiger partial charge in [-0.1, -0.05) is 0 Å². The van der Waals surface area contributed by atoms with Crippen LogP contribution < -0.4 is 5.73 Å². The molecule has 3 nitrogen and oxygen atoms in total. The molecular weight excluding hydrogens is 306 g/mol. The highest BCUT2D eigenvalue weighted by molar-refractivity contribution is 9.10. The van der Waals surface area contributed by atoms with Crippen LogP contribution in [-0.2, 0) is 0 Å². The zero-order chi connectivity index (χ0) is 13.3. The lowest BCUT2D eigenvalue weighted by molar-refractivity contribution is 0.103. The smallest absolute Gasteiger partial charge is 0.198 e. The van der Waals surface area contributed by atoms with Gasteiger partial charge in [0.1, 0.15) is 16.2 Å². The second kappa shape index (κ2) is 4.81. The minimum absolute atomic E-state index is 0.113. The van der Waals surface area contributed by atoms with E-state index in [0.29, 0.717) is 10.7 Å². The Labute approximate surface area is 110 Å². The second-order valence-electron chi connectivity index (χ2n) is 3.55. The van der Waals surface area contributed by atoms with Gasteiger partial charge in [-0.2, -0.15) is 0 Å². The van der Waals surface area contributed by atoms with Crippen molar-refractivity contribution in [1.29, 1.82) is 0 Å². The van der Waals surface area contributed by atoms with Crippen molar-refractivity contribution in [3.63, 3.8) is 0 Å². The molecule has 2 N–H and O–H groups in total. The van der Waals surface area contributed by atoms with Crippen molar-refractivity contribution in [3.05, 3.63) is 57.8 Å². The monoisotopic (exact) mass is 312 g/mol. The fourth-order valence-corrected chi connectivity index (χ4v) is 1.79. The number of nitrogen functional groups attached to an aromatic ring is 1. The Hall–Kier alpha value is -1.82. The van der Waals surface area contributed by atoms with Gasteiger partial charge < -0.3 is 5.73 Å². The van der Waals surface area contributed by atoms with Crippen molar-refractivity contribution >= 4 is 27.4 Å². The first-order valence-electron chi connectivity index (χ1n) is 4.90. The van der Waals surface area contributed by atoms with E-state index in [9.17, 15) is 13.6 Å². The minimum Gasteiger partial charge on any atom is -0.397 e. The third-order valence-electron chi connectivity index (χ3n) is 2.32. The van der Waals surface area contributed by atoms with Crippen molar-refractivity contribution in [3.8, 4) is 0 Å². The molecule has 6 heteroatoms. The Bertz CT molecular complexity index is 631. The number of aromatic nitrogens is 1. The SMILES string of the molecule is Nc1cnc(Br)cc1C(=O)c1ccc(F)cc1F. The maximum atomic E-state index is 13.5. The molecule has 1 heterocycles. The molecule has 0 aliphatic rings. The largest absolute Gasteiger partial charge is 0.397 e. The van der Waals surface area contributed by atoms with Crippen LogP contribution in [0.2, 0.25) is 0 Å². The maximum absolute atomic E-state index is 13.5. The lowest BCUT2D eigenvalue weighted by Gasteiger charge is -2.06. The van der Waals surface area contributed by atoms with E-state index in [2.05, 4.69) is 20.9 Å². The van der Waals surface area contributed by atoms with Crippen molar-refractivity contribution in [1.82, 2.24) is 4.98 Å². The van der Waals surface area contributed by atoms with Crippen molar-refractivity contribution in [2.24, 2.45) is 0 Å². The van der Waals surface area contributed by atoms with E-state index in [1.165, 1.54) is 12.3 Å². The molecule has 0 amide bonds. The lowest BCUT2D eigenvalue weighted by Crippen LogP contribution is -2.08. The molecule has 0 unspecified atom stereocenters. The standard InChI is InChI=1S/C12H7BrF2N2O/c13-11-4-8(10(16)5-17-11)12(18)7-2-1-6(14)3-9(7)15/h1-5H,16H2. The summed E-state index contributed by atoms with van der Waals surface area (Å²) in [4.78, 5) is 15.9. The van der Waals surface area contributed by atoms with Crippen LogP contribution in [0.3, 0.4) is 0 Å². The molecular formula is C12H7BrF2N2O. The highest BCUT2D eigenvalue weighted by Gasteiger charge is 2.17. The van der Waals surface area contributed by atoms with Gasteiger partial charge in [0.25, 0.3) is 0 Å². The molecule has 2 rings (SSSR count). The van der Waals surface area contributed by atoms with Crippen LogP contribution in [-0.4, -0.2) is 10.8 Å². The van der Waals surface area contributed by atoms with Gasteiger partial charge in [-0.25, -0.2) is 13.8 Å². The first-order valence-corrected chi connectivity index (χ1v) is 5.69. The van der Waals surface area contributed by atoms with E-state index < -0.39 is 17.4 Å². The van der Waals surface area contributed by atoms with E-state index in [0.717, 1.165) is 12.1 Å². The van der Waals surface area contributed by atoms with E-state index in [1.807, 2.05) is 0 Å². The summed E-state index contributed by atoms with van der Waals surface area (Å²) in [5.41, 5.74) is 5.62. The summed E-state index contributed by atoms with van der Waals surface area (Å²) in [5.74, 6) is -2.28. The topological polar surface area (TPSA) is 56.0 Å². The van der Waals surface area contributed by atoms with Crippen molar-refractivity contribution in [2.75, 3.05) is 5.73 Å². The number of ketones is 1. The zero-order valence-electron chi connectivity index (χ0n) is 8.95.